The van der Waals surface area contributed by atoms with E-state index in [2.05, 4.69) is 64.7 Å². The molecule has 10 rings (SSSR count). The van der Waals surface area contributed by atoms with Gasteiger partial charge in [0.2, 0.25) is 47.3 Å². The lowest BCUT2D eigenvalue weighted by Gasteiger charge is -2.34. The molecule has 8 amide bonds. The summed E-state index contributed by atoms with van der Waals surface area (Å²) in [5.74, 6) is -8.39. The second kappa shape index (κ2) is 34.9. The van der Waals surface area contributed by atoms with E-state index in [1.54, 1.807) is 30.2 Å². The van der Waals surface area contributed by atoms with Gasteiger partial charge in [-0.1, -0.05) is 88.4 Å². The predicted molar refractivity (Wildman–Crippen MR) is 380 cm³/mol. The third kappa shape index (κ3) is 19.3. The maximum Gasteiger partial charge on any atom is 0.307 e. The highest BCUT2D eigenvalue weighted by atomic mass is 16.3. The van der Waals surface area contributed by atoms with E-state index in [9.17, 15) is 58.2 Å². The van der Waals surface area contributed by atoms with Gasteiger partial charge in [-0.3, -0.25) is 47.9 Å². The number of hydrogen-bond donors (Lipinski definition) is 10. The lowest BCUT2D eigenvalue weighted by Crippen LogP contribution is -2.57. The quantitative estimate of drug-likeness (QED) is 0.0277. The van der Waals surface area contributed by atoms with Crippen LogP contribution < -0.4 is 41.0 Å². The van der Waals surface area contributed by atoms with E-state index in [1.807, 2.05) is 147 Å². The van der Waals surface area contributed by atoms with E-state index in [0.717, 1.165) is 50.6 Å². The fourth-order valence-corrected chi connectivity index (χ4v) is 13.8. The molecule has 2 saturated heterocycles. The van der Waals surface area contributed by atoms with Crippen LogP contribution in [0.25, 0.3) is 33.1 Å². The average molecular weight is 1400 g/mol. The van der Waals surface area contributed by atoms with Crippen molar-refractivity contribution < 1.29 is 67.3 Å². The van der Waals surface area contributed by atoms with Crippen LogP contribution in [-0.4, -0.2) is 166 Å². The van der Waals surface area contributed by atoms with Gasteiger partial charge < -0.3 is 61.9 Å². The number of Topliss-reactive ketones (excluding diaryl/α,β-unsaturated/α-hetero) is 2. The second-order valence-corrected chi connectivity index (χ2v) is 27.2. The van der Waals surface area contributed by atoms with Crippen LogP contribution >= 0.6 is 0 Å². The summed E-state index contributed by atoms with van der Waals surface area (Å²) in [4.78, 5) is 146. The molecule has 8 heterocycles. The number of aromatic amines is 2. The number of carbonyl (C=O) groups is 10. The number of ketones is 2. The molecule has 0 spiro atoms. The number of aliphatic hydroxyl groups is 2. The number of amides is 8. The number of benzene rings is 2. The molecule has 540 valence electrons. The summed E-state index contributed by atoms with van der Waals surface area (Å²) in [5, 5.41) is 42.3. The van der Waals surface area contributed by atoms with Gasteiger partial charge in [-0.25, -0.2) is 13.5 Å². The summed E-state index contributed by atoms with van der Waals surface area (Å²) in [6, 6.07) is 18.7. The third-order valence-corrected chi connectivity index (χ3v) is 18.9. The van der Waals surface area contributed by atoms with Crippen molar-refractivity contribution in [3.05, 3.63) is 164 Å². The van der Waals surface area contributed by atoms with Crippen molar-refractivity contribution in [1.29, 1.82) is 0 Å². The highest BCUT2D eigenvalue weighted by molar-refractivity contribution is 5.99. The van der Waals surface area contributed by atoms with Crippen LogP contribution in [0.2, 0.25) is 0 Å². The van der Waals surface area contributed by atoms with Crippen molar-refractivity contribution in [1.82, 2.24) is 65.7 Å². The number of hydrogen-bond acceptors (Lipinski definition) is 13. The fourth-order valence-electron chi connectivity index (χ4n) is 13.8. The molecular weight excluding hydrogens is 1300 g/mol. The van der Waals surface area contributed by atoms with Gasteiger partial charge in [0, 0.05) is 97.9 Å². The van der Waals surface area contributed by atoms with Gasteiger partial charge in [0.1, 0.15) is 42.8 Å². The van der Waals surface area contributed by atoms with Crippen LogP contribution in [0, 0.1) is 23.7 Å². The topological polar surface area (TPSA) is 351 Å². The molecule has 2 aliphatic rings. The largest absolute Gasteiger partial charge is 0.513 e. The van der Waals surface area contributed by atoms with Crippen LogP contribution in [0.1, 0.15) is 103 Å². The van der Waals surface area contributed by atoms with E-state index in [4.69, 9.17) is 0 Å². The lowest BCUT2D eigenvalue weighted by atomic mass is 9.88. The number of nitrogens with zero attached hydrogens (tertiary/aromatic N) is 7. The Kier molecular flexibility index (Phi) is 25.7. The Labute approximate surface area is 591 Å². The number of carbonyl (C=O) groups excluding carboxylic acids is 10. The Morgan fingerprint density at radius 1 is 0.529 bits per heavy atom. The molecule has 6 aromatic heterocycles. The molecule has 2 unspecified atom stereocenters. The Hall–Kier alpha value is -11.0. The van der Waals surface area contributed by atoms with Crippen molar-refractivity contribution in [3.63, 3.8) is 0 Å². The van der Waals surface area contributed by atoms with Crippen molar-refractivity contribution in [3.8, 4) is 0 Å². The summed E-state index contributed by atoms with van der Waals surface area (Å²) in [7, 11) is 3.08. The molecule has 10 N–H and O–H groups in total. The molecule has 27 heteroatoms. The predicted octanol–water partition coefficient (Wildman–Crippen LogP) is 4.88. The maximum atomic E-state index is 14.4. The monoisotopic (exact) mass is 1400 g/mol. The molecule has 2 fully saturated rings. The first-order valence-electron chi connectivity index (χ1n) is 34.8. The number of para-hydroxylation sites is 2. The zero-order valence-corrected chi connectivity index (χ0v) is 58.7. The van der Waals surface area contributed by atoms with Gasteiger partial charge in [-0.15, -0.1) is 4.52 Å². The van der Waals surface area contributed by atoms with E-state index in [0.29, 0.717) is 38.8 Å². The second-order valence-electron chi connectivity index (χ2n) is 27.2. The minimum absolute atomic E-state index is 0.181. The molecule has 0 saturated carbocycles. The van der Waals surface area contributed by atoms with Gasteiger partial charge >= 0.3 is 5.65 Å². The molecule has 8 aromatic rings. The first-order valence-corrected chi connectivity index (χ1v) is 34.8. The van der Waals surface area contributed by atoms with Crippen molar-refractivity contribution in [2.75, 3.05) is 27.2 Å². The molecular formula is C75H95N15O12+2. The van der Waals surface area contributed by atoms with Crippen LogP contribution in [0.3, 0.4) is 0 Å². The summed E-state index contributed by atoms with van der Waals surface area (Å²) in [6.45, 7) is 14.7. The highest BCUT2D eigenvalue weighted by Crippen LogP contribution is 2.29. The number of aryl methyl sites for hydroxylation is 2. The summed E-state index contributed by atoms with van der Waals surface area (Å²) in [6.07, 6.45) is 17.5. The van der Waals surface area contributed by atoms with Crippen LogP contribution in [-0.2, 0) is 73.9 Å². The number of aliphatic hydroxyl groups excluding tert-OH is 2. The number of unbranched alkanes of at least 4 members (excludes halogenated alkanes) is 2. The number of H-pyrrole nitrogens is 2. The van der Waals surface area contributed by atoms with Gasteiger partial charge in [-0.05, 0) is 98.6 Å². The number of aromatic nitrogens is 7. The number of imidazole rings is 2. The first-order chi connectivity index (χ1) is 48.8. The average Bonchev–Trinajstić information content (AvgIpc) is 1.65. The fraction of sp³-hybridized carbons (Fsp3) is 0.427. The smallest absolute Gasteiger partial charge is 0.307 e. The number of likely N-dealkylation sites (N-methyl/N-ethyl adjacent to an activating group) is 2. The standard InChI is InChI=1S/C38H47N7O6.C37H46N8O6/c1-24(2)35-37(50)42-30(13-7-9-15-44-17-18-45-16-10-8-14-34(44)45)36(49)40-23-33(48)41-31(19-25(3)46)32(47)21-26(38(51)43(35)4)20-27-22-39-29-12-6-5-11-28(27)29;1-23(2)34-36(50)42-29(12-7-8-15-44-16-17-45-33(44)13-9-14-40-45)35(49)39-22-32(48)41-30(18-24(3)46)31(47)20-25(37(51)43(34)4)19-26-21-38-28-11-6-5-10-27(26)28/h5-6,8,10-12,14,16-18,22,24,26,30-31,35,39H,3,7,9,13,15,19-21,23H2,1-2,4H3,(H3-,40,41,42,46,48,49,50);5-6,9-11,13-14,16-17,21,23,25,29-30,34,38H,3,7-8,12,15,18-20,22H2,1-2,4H3,(H3-,39,41,42,46,48,49,50)/p+2/t26-,30?,31-,35-;25-,29?,30-,34-/m00/s1. The first kappa shape index (κ1) is 75.2. The van der Waals surface area contributed by atoms with Crippen LogP contribution in [0.4, 0.5) is 0 Å². The van der Waals surface area contributed by atoms with E-state index >= 15 is 0 Å². The maximum absolute atomic E-state index is 14.4. The molecule has 102 heavy (non-hydrogen) atoms. The molecule has 0 bridgehead atoms. The van der Waals surface area contributed by atoms with Crippen LogP contribution in [0.15, 0.2) is 153 Å². The molecule has 0 aliphatic carbocycles. The lowest BCUT2D eigenvalue weighted by molar-refractivity contribution is -0.671. The SMILES string of the molecule is C=C(O)C[C@@H]1NC(=O)CNC(=O)C(CCCC[n+]2ccn3ccccc32)NC(=O)[C@H](C(C)C)N(C)C(=O)[C@@H](Cc2c[nH]c3ccccc23)CC1=O.C=C(O)C[C@@H]1NC(=O)CNC(=O)C(CCCC[n+]2ccn3ncccc32)NC(=O)[C@H](C(C)C)N(C)C(=O)[C@@H](Cc2c[nH]c3ccccc23)CC1=O. The van der Waals surface area contributed by atoms with Crippen molar-refractivity contribution in [2.45, 2.75) is 154 Å². The van der Waals surface area contributed by atoms with E-state index in [-0.39, 0.29) is 68.3 Å². The highest BCUT2D eigenvalue weighted by Gasteiger charge is 2.40. The third-order valence-electron chi connectivity index (χ3n) is 18.9. The number of pyridine rings is 1. The summed E-state index contributed by atoms with van der Waals surface area (Å²) < 4.78 is 7.94. The Morgan fingerprint density at radius 3 is 1.44 bits per heavy atom. The Bertz CT molecular complexity index is 4100. The number of rotatable bonds is 20. The Morgan fingerprint density at radius 2 is 0.971 bits per heavy atom. The molecule has 2 aliphatic heterocycles. The van der Waals surface area contributed by atoms with E-state index in [1.165, 1.54) is 16.8 Å². The van der Waals surface area contributed by atoms with Gasteiger partial charge in [-0.2, -0.15) is 0 Å². The number of fused-ring (bicyclic) bond motifs is 4. The minimum Gasteiger partial charge on any atom is -0.513 e. The molecule has 2 aromatic carbocycles. The molecule has 8 atom stereocenters. The molecule has 27 nitrogen and oxygen atoms in total. The zero-order chi connectivity index (χ0) is 73.3. The van der Waals surface area contributed by atoms with Gasteiger partial charge in [0.05, 0.1) is 62.2 Å². The Balaban J connectivity index is 0.000000237. The normalized spacial score (nSPS) is 21.3. The van der Waals surface area contributed by atoms with Crippen molar-refractivity contribution >= 4 is 91.9 Å². The minimum atomic E-state index is -1.19. The molecule has 0 radical (unpaired) electrons. The van der Waals surface area contributed by atoms with Gasteiger partial charge in [0.25, 0.3) is 5.65 Å². The van der Waals surface area contributed by atoms with Crippen LogP contribution in [0.5, 0.6) is 0 Å². The number of nitrogens with one attached hydrogen (secondary N) is 8. The zero-order valence-electron chi connectivity index (χ0n) is 58.7. The van der Waals surface area contributed by atoms with Gasteiger partial charge in [0.15, 0.2) is 17.8 Å². The summed E-state index contributed by atoms with van der Waals surface area (Å²) >= 11 is 0. The summed E-state index contributed by atoms with van der Waals surface area (Å²) in [5.41, 5.74) is 5.34. The van der Waals surface area contributed by atoms with E-state index < -0.39 is 120 Å². The van der Waals surface area contributed by atoms with Crippen molar-refractivity contribution in [2.24, 2.45) is 23.7 Å².